The lowest BCUT2D eigenvalue weighted by Crippen LogP contribution is -2.37. The van der Waals surface area contributed by atoms with Crippen LogP contribution >= 0.6 is 0 Å². The van der Waals surface area contributed by atoms with Gasteiger partial charge in [-0.2, -0.15) is 0 Å². The molecule has 0 bridgehead atoms. The number of para-hydroxylation sites is 1. The molecule has 0 unspecified atom stereocenters. The summed E-state index contributed by atoms with van der Waals surface area (Å²) in [5.41, 5.74) is 1.73. The van der Waals surface area contributed by atoms with Crippen LogP contribution in [0.25, 0.3) is 10.9 Å². The summed E-state index contributed by atoms with van der Waals surface area (Å²) in [6, 6.07) is 7.77. The number of hydrogen-bond donors (Lipinski definition) is 0. The third-order valence-electron chi connectivity index (χ3n) is 2.20. The Morgan fingerprint density at radius 2 is 2.00 bits per heavy atom. The fraction of sp³-hybridized carbons (Fsp3) is 0.222. The van der Waals surface area contributed by atoms with E-state index in [0.717, 1.165) is 21.4 Å². The number of fused-ring (bicyclic) bond motifs is 1. The zero-order chi connectivity index (χ0) is 8.72. The van der Waals surface area contributed by atoms with Crippen molar-refractivity contribution in [2.24, 2.45) is 7.05 Å². The summed E-state index contributed by atoms with van der Waals surface area (Å²) in [6.07, 6.45) is 0. The number of hydrogen-bond acceptors (Lipinski definition) is 1. The molecule has 12 heavy (non-hydrogen) atoms. The van der Waals surface area contributed by atoms with Crippen molar-refractivity contribution in [3.63, 3.8) is 0 Å². The second kappa shape index (κ2) is 2.24. The SMILES string of the molecule is Cc1c2ccccc2n(C)[n+]1[O-]. The molecule has 0 saturated heterocycles. The topological polar surface area (TPSA) is 31.9 Å². The summed E-state index contributed by atoms with van der Waals surface area (Å²) in [4.78, 5) is 0.907. The van der Waals surface area contributed by atoms with Crippen LogP contribution < -0.4 is 4.85 Å². The van der Waals surface area contributed by atoms with Crippen molar-refractivity contribution in [3.8, 4) is 0 Å². The lowest BCUT2D eigenvalue weighted by atomic mass is 10.2. The second-order valence-electron chi connectivity index (χ2n) is 2.90. The van der Waals surface area contributed by atoms with Crippen LogP contribution in [0.2, 0.25) is 0 Å². The molecule has 1 aromatic heterocycles. The summed E-state index contributed by atoms with van der Waals surface area (Å²) in [5, 5.41) is 12.4. The molecule has 0 aliphatic carbocycles. The normalized spacial score (nSPS) is 10.8. The van der Waals surface area contributed by atoms with Crippen LogP contribution in [0.3, 0.4) is 0 Å². The highest BCUT2D eigenvalue weighted by molar-refractivity contribution is 5.80. The molecule has 2 aromatic rings. The van der Waals surface area contributed by atoms with E-state index < -0.39 is 0 Å². The first-order valence-electron chi connectivity index (χ1n) is 3.85. The number of rotatable bonds is 0. The third kappa shape index (κ3) is 0.733. The molecule has 3 heteroatoms. The van der Waals surface area contributed by atoms with E-state index in [9.17, 15) is 5.21 Å². The van der Waals surface area contributed by atoms with Crippen LogP contribution in [0, 0.1) is 12.1 Å². The molecule has 0 atom stereocenters. The van der Waals surface area contributed by atoms with E-state index in [1.807, 2.05) is 31.2 Å². The maximum absolute atomic E-state index is 11.4. The maximum Gasteiger partial charge on any atom is 0.225 e. The average Bonchev–Trinajstić information content (AvgIpc) is 2.33. The van der Waals surface area contributed by atoms with Crippen molar-refractivity contribution < 1.29 is 4.85 Å². The molecular formula is C9H10N2O. The highest BCUT2D eigenvalue weighted by Gasteiger charge is 2.12. The van der Waals surface area contributed by atoms with Crippen LogP contribution in [-0.4, -0.2) is 4.68 Å². The van der Waals surface area contributed by atoms with Crippen LogP contribution in [0.15, 0.2) is 24.3 Å². The standard InChI is InChI=1S/C9H10N2O/c1-7-8-5-3-4-6-9(8)10(2)11(7)12/h3-6H,1-2H3. The van der Waals surface area contributed by atoms with Gasteiger partial charge in [0.05, 0.1) is 12.4 Å². The van der Waals surface area contributed by atoms with Gasteiger partial charge in [0, 0.05) is 6.92 Å². The summed E-state index contributed by atoms with van der Waals surface area (Å²) in [6.45, 7) is 1.83. The van der Waals surface area contributed by atoms with Gasteiger partial charge in [-0.1, -0.05) is 17.0 Å². The van der Waals surface area contributed by atoms with E-state index in [0.29, 0.717) is 0 Å². The molecule has 0 radical (unpaired) electrons. The van der Waals surface area contributed by atoms with Crippen molar-refractivity contribution in [3.05, 3.63) is 35.2 Å². The number of benzene rings is 1. The lowest BCUT2D eigenvalue weighted by Gasteiger charge is -1.95. The molecule has 0 spiro atoms. The van der Waals surface area contributed by atoms with Gasteiger partial charge in [0.1, 0.15) is 5.52 Å². The Kier molecular flexibility index (Phi) is 1.33. The van der Waals surface area contributed by atoms with Gasteiger partial charge in [-0.3, -0.25) is 0 Å². The van der Waals surface area contributed by atoms with E-state index in [1.54, 1.807) is 11.7 Å². The average molecular weight is 162 g/mol. The largest absolute Gasteiger partial charge is 0.596 e. The molecule has 0 aliphatic heterocycles. The summed E-state index contributed by atoms with van der Waals surface area (Å²) in [7, 11) is 1.77. The molecule has 62 valence electrons. The van der Waals surface area contributed by atoms with Crippen molar-refractivity contribution >= 4 is 10.9 Å². The van der Waals surface area contributed by atoms with Gasteiger partial charge >= 0.3 is 0 Å². The molecule has 1 heterocycles. The number of nitrogens with zero attached hydrogens (tertiary/aromatic N) is 2. The molecule has 0 amide bonds. The van der Waals surface area contributed by atoms with Gasteiger partial charge in [-0.15, -0.1) is 4.68 Å². The van der Waals surface area contributed by atoms with E-state index >= 15 is 0 Å². The number of aromatic nitrogens is 2. The molecule has 3 nitrogen and oxygen atoms in total. The predicted octanol–water partition coefficient (Wildman–Crippen LogP) is 1.12. The van der Waals surface area contributed by atoms with Crippen molar-refractivity contribution in [1.29, 1.82) is 0 Å². The monoisotopic (exact) mass is 162 g/mol. The number of aryl methyl sites for hydroxylation is 2. The van der Waals surface area contributed by atoms with Crippen LogP contribution in [-0.2, 0) is 7.05 Å². The van der Waals surface area contributed by atoms with Crippen molar-refractivity contribution in [2.45, 2.75) is 6.92 Å². The Morgan fingerprint density at radius 1 is 1.33 bits per heavy atom. The molecule has 2 rings (SSSR count). The third-order valence-corrected chi connectivity index (χ3v) is 2.20. The smallest absolute Gasteiger partial charge is 0.225 e. The molecule has 0 N–H and O–H groups in total. The van der Waals surface area contributed by atoms with Crippen LogP contribution in [0.4, 0.5) is 0 Å². The van der Waals surface area contributed by atoms with Crippen LogP contribution in [0.5, 0.6) is 0 Å². The van der Waals surface area contributed by atoms with E-state index in [-0.39, 0.29) is 0 Å². The van der Waals surface area contributed by atoms with Crippen LogP contribution in [0.1, 0.15) is 5.69 Å². The van der Waals surface area contributed by atoms with Gasteiger partial charge in [0.25, 0.3) is 0 Å². The minimum Gasteiger partial charge on any atom is -0.596 e. The summed E-state index contributed by atoms with van der Waals surface area (Å²) < 4.78 is 1.60. The quantitative estimate of drug-likeness (QED) is 0.422. The predicted molar refractivity (Wildman–Crippen MR) is 46.6 cm³/mol. The molecular weight excluding hydrogens is 152 g/mol. The Bertz CT molecular complexity index is 392. The minimum atomic E-state index is 0.758. The van der Waals surface area contributed by atoms with Gasteiger partial charge < -0.3 is 5.21 Å². The Balaban J connectivity index is 2.99. The van der Waals surface area contributed by atoms with E-state index in [1.165, 1.54) is 0 Å². The molecule has 1 aromatic carbocycles. The highest BCUT2D eigenvalue weighted by Crippen LogP contribution is 2.14. The Labute approximate surface area is 70.4 Å². The molecule has 0 aliphatic rings. The molecule has 0 fully saturated rings. The summed E-state index contributed by atoms with van der Waals surface area (Å²) >= 11 is 0. The Hall–Kier alpha value is -1.51. The minimum absolute atomic E-state index is 0.758. The van der Waals surface area contributed by atoms with Gasteiger partial charge in [0.15, 0.2) is 0 Å². The highest BCUT2D eigenvalue weighted by atomic mass is 16.5. The van der Waals surface area contributed by atoms with Gasteiger partial charge in [-0.25, -0.2) is 0 Å². The molecule has 0 saturated carbocycles. The maximum atomic E-state index is 11.4. The second-order valence-corrected chi connectivity index (χ2v) is 2.90. The van der Waals surface area contributed by atoms with E-state index in [4.69, 9.17) is 0 Å². The lowest BCUT2D eigenvalue weighted by molar-refractivity contribution is -0.694. The van der Waals surface area contributed by atoms with Gasteiger partial charge in [-0.05, 0) is 12.1 Å². The van der Waals surface area contributed by atoms with E-state index in [2.05, 4.69) is 0 Å². The zero-order valence-corrected chi connectivity index (χ0v) is 7.11. The first-order chi connectivity index (χ1) is 5.72. The zero-order valence-electron chi connectivity index (χ0n) is 7.11. The van der Waals surface area contributed by atoms with Crippen molar-refractivity contribution in [1.82, 2.24) is 4.68 Å². The fourth-order valence-electron chi connectivity index (χ4n) is 1.49. The summed E-state index contributed by atoms with van der Waals surface area (Å²) in [5.74, 6) is 0. The van der Waals surface area contributed by atoms with Gasteiger partial charge in [0.2, 0.25) is 5.69 Å². The Morgan fingerprint density at radius 3 is 2.67 bits per heavy atom. The first kappa shape index (κ1) is 7.16. The first-order valence-corrected chi connectivity index (χ1v) is 3.85. The fourth-order valence-corrected chi connectivity index (χ4v) is 1.49. The van der Waals surface area contributed by atoms with Crippen molar-refractivity contribution in [2.75, 3.05) is 0 Å².